The van der Waals surface area contributed by atoms with E-state index in [1.807, 2.05) is 12.1 Å². The van der Waals surface area contributed by atoms with E-state index in [2.05, 4.69) is 5.32 Å². The van der Waals surface area contributed by atoms with Crippen LogP contribution in [-0.2, 0) is 11.3 Å². The minimum absolute atomic E-state index is 0.0650. The highest BCUT2D eigenvalue weighted by atomic mass is 16.3. The van der Waals surface area contributed by atoms with Crippen LogP contribution >= 0.6 is 0 Å². The predicted octanol–water partition coefficient (Wildman–Crippen LogP) is 1.88. The van der Waals surface area contributed by atoms with E-state index in [0.717, 1.165) is 5.56 Å². The summed E-state index contributed by atoms with van der Waals surface area (Å²) in [6.07, 6.45) is 4.88. The van der Waals surface area contributed by atoms with E-state index in [4.69, 9.17) is 0 Å². The highest BCUT2D eigenvalue weighted by Crippen LogP contribution is 2.18. The predicted molar refractivity (Wildman–Crippen MR) is 74.8 cm³/mol. The maximum atomic E-state index is 12.0. The average Bonchev–Trinajstić information content (AvgIpc) is 2.91. The number of phenolic OH excluding ortho intramolecular Hbond substituents is 1. The van der Waals surface area contributed by atoms with Gasteiger partial charge < -0.3 is 15.3 Å². The second kappa shape index (κ2) is 6.57. The molecule has 0 radical (unpaired) electrons. The normalized spacial score (nSPS) is 15.6. The smallest absolute Gasteiger partial charge is 0.236 e. The molecule has 1 amide bonds. The SMILES string of the molecule is CN(Cc1ccccc1O)C(=O)CNC1CCCC1. The Balaban J connectivity index is 1.80. The van der Waals surface area contributed by atoms with Gasteiger partial charge in [0.15, 0.2) is 0 Å². The number of hydrogen-bond acceptors (Lipinski definition) is 3. The molecule has 0 unspecified atom stereocenters. The van der Waals surface area contributed by atoms with Gasteiger partial charge in [0.25, 0.3) is 0 Å². The summed E-state index contributed by atoms with van der Waals surface area (Å²) in [5.41, 5.74) is 0.777. The third-order valence-electron chi connectivity index (χ3n) is 3.72. The molecule has 0 spiro atoms. The Kier molecular flexibility index (Phi) is 4.80. The molecule has 2 rings (SSSR count). The monoisotopic (exact) mass is 262 g/mol. The van der Waals surface area contributed by atoms with Crippen molar-refractivity contribution < 1.29 is 9.90 Å². The third-order valence-corrected chi connectivity index (χ3v) is 3.72. The first-order valence-corrected chi connectivity index (χ1v) is 6.91. The maximum Gasteiger partial charge on any atom is 0.236 e. The Labute approximate surface area is 114 Å². The van der Waals surface area contributed by atoms with E-state index in [0.29, 0.717) is 19.1 Å². The fourth-order valence-corrected chi connectivity index (χ4v) is 2.48. The molecule has 19 heavy (non-hydrogen) atoms. The van der Waals surface area contributed by atoms with Crippen molar-refractivity contribution in [3.8, 4) is 5.75 Å². The highest BCUT2D eigenvalue weighted by molar-refractivity contribution is 5.78. The number of rotatable bonds is 5. The lowest BCUT2D eigenvalue weighted by Crippen LogP contribution is -2.38. The zero-order valence-electron chi connectivity index (χ0n) is 11.4. The number of amides is 1. The number of hydrogen-bond donors (Lipinski definition) is 2. The van der Waals surface area contributed by atoms with Crippen LogP contribution in [0.5, 0.6) is 5.75 Å². The van der Waals surface area contributed by atoms with Crippen molar-refractivity contribution in [1.82, 2.24) is 10.2 Å². The molecule has 1 saturated carbocycles. The van der Waals surface area contributed by atoms with E-state index >= 15 is 0 Å². The molecule has 1 fully saturated rings. The molecule has 0 aliphatic heterocycles. The Morgan fingerprint density at radius 2 is 2.05 bits per heavy atom. The first-order chi connectivity index (χ1) is 9.16. The largest absolute Gasteiger partial charge is 0.508 e. The van der Waals surface area contributed by atoms with Crippen LogP contribution in [0.1, 0.15) is 31.2 Å². The van der Waals surface area contributed by atoms with Gasteiger partial charge in [-0.15, -0.1) is 0 Å². The average molecular weight is 262 g/mol. The summed E-state index contributed by atoms with van der Waals surface area (Å²) in [7, 11) is 1.77. The van der Waals surface area contributed by atoms with Gasteiger partial charge in [0.2, 0.25) is 5.91 Å². The number of para-hydroxylation sites is 1. The first kappa shape index (κ1) is 13.9. The lowest BCUT2D eigenvalue weighted by molar-refractivity contribution is -0.129. The summed E-state index contributed by atoms with van der Waals surface area (Å²) in [5.74, 6) is 0.307. The lowest BCUT2D eigenvalue weighted by atomic mass is 10.2. The van der Waals surface area contributed by atoms with Crippen molar-refractivity contribution in [3.63, 3.8) is 0 Å². The molecule has 104 valence electrons. The maximum absolute atomic E-state index is 12.0. The molecular weight excluding hydrogens is 240 g/mol. The molecule has 1 aromatic carbocycles. The number of carbonyl (C=O) groups excluding carboxylic acids is 1. The summed E-state index contributed by atoms with van der Waals surface area (Å²) in [6, 6.07) is 7.63. The molecule has 1 aromatic rings. The second-order valence-corrected chi connectivity index (χ2v) is 5.24. The Morgan fingerprint density at radius 3 is 2.74 bits per heavy atom. The van der Waals surface area contributed by atoms with Crippen LogP contribution in [0.3, 0.4) is 0 Å². The minimum Gasteiger partial charge on any atom is -0.508 e. The topological polar surface area (TPSA) is 52.6 Å². The molecule has 0 atom stereocenters. The molecule has 1 aliphatic carbocycles. The summed E-state index contributed by atoms with van der Waals surface area (Å²) in [4.78, 5) is 13.6. The van der Waals surface area contributed by atoms with Gasteiger partial charge in [-0.3, -0.25) is 4.79 Å². The molecule has 0 heterocycles. The number of nitrogens with one attached hydrogen (secondary N) is 1. The summed E-state index contributed by atoms with van der Waals surface area (Å²) in [5, 5.41) is 13.0. The number of carbonyl (C=O) groups is 1. The molecule has 4 nitrogen and oxygen atoms in total. The Morgan fingerprint density at radius 1 is 1.37 bits per heavy atom. The Hall–Kier alpha value is -1.55. The molecule has 0 aromatic heterocycles. The molecule has 0 saturated heterocycles. The molecule has 4 heteroatoms. The van der Waals surface area contributed by atoms with Gasteiger partial charge in [0.1, 0.15) is 5.75 Å². The van der Waals surface area contributed by atoms with Crippen molar-refractivity contribution in [2.75, 3.05) is 13.6 Å². The fraction of sp³-hybridized carbons (Fsp3) is 0.533. The van der Waals surface area contributed by atoms with Gasteiger partial charge in [-0.2, -0.15) is 0 Å². The van der Waals surface area contributed by atoms with Gasteiger partial charge >= 0.3 is 0 Å². The molecule has 0 bridgehead atoms. The quantitative estimate of drug-likeness (QED) is 0.852. The van der Waals surface area contributed by atoms with Crippen LogP contribution in [0.2, 0.25) is 0 Å². The Bertz CT molecular complexity index is 428. The standard InChI is InChI=1S/C15H22N2O2/c1-17(11-12-6-2-5-9-14(12)18)15(19)10-16-13-7-3-4-8-13/h2,5-6,9,13,16,18H,3-4,7-8,10-11H2,1H3. The van der Waals surface area contributed by atoms with Gasteiger partial charge in [0, 0.05) is 25.2 Å². The summed E-state index contributed by atoms with van der Waals surface area (Å²) < 4.78 is 0. The number of nitrogens with zero attached hydrogens (tertiary/aromatic N) is 1. The van der Waals surface area contributed by atoms with Gasteiger partial charge in [-0.05, 0) is 18.9 Å². The zero-order chi connectivity index (χ0) is 13.7. The van der Waals surface area contributed by atoms with E-state index in [1.165, 1.54) is 25.7 Å². The summed E-state index contributed by atoms with van der Waals surface area (Å²) in [6.45, 7) is 0.826. The van der Waals surface area contributed by atoms with E-state index < -0.39 is 0 Å². The van der Waals surface area contributed by atoms with Crippen LogP contribution in [-0.4, -0.2) is 35.5 Å². The number of aromatic hydroxyl groups is 1. The van der Waals surface area contributed by atoms with Crippen molar-refractivity contribution >= 4 is 5.91 Å². The second-order valence-electron chi connectivity index (χ2n) is 5.24. The minimum atomic E-state index is 0.0650. The van der Waals surface area contributed by atoms with E-state index in [-0.39, 0.29) is 11.7 Å². The lowest BCUT2D eigenvalue weighted by Gasteiger charge is -2.19. The summed E-state index contributed by atoms with van der Waals surface area (Å²) >= 11 is 0. The molecule has 2 N–H and O–H groups in total. The van der Waals surface area contributed by atoms with Crippen LogP contribution in [0, 0.1) is 0 Å². The van der Waals surface area contributed by atoms with Gasteiger partial charge in [-0.25, -0.2) is 0 Å². The van der Waals surface area contributed by atoms with Crippen molar-refractivity contribution in [1.29, 1.82) is 0 Å². The van der Waals surface area contributed by atoms with Crippen LogP contribution in [0.15, 0.2) is 24.3 Å². The van der Waals surface area contributed by atoms with Crippen molar-refractivity contribution in [3.05, 3.63) is 29.8 Å². The van der Waals surface area contributed by atoms with Crippen LogP contribution < -0.4 is 5.32 Å². The zero-order valence-corrected chi connectivity index (χ0v) is 11.4. The highest BCUT2D eigenvalue weighted by Gasteiger charge is 2.17. The van der Waals surface area contributed by atoms with Gasteiger partial charge in [0.05, 0.1) is 6.54 Å². The van der Waals surface area contributed by atoms with E-state index in [1.54, 1.807) is 24.1 Å². The number of benzene rings is 1. The molecular formula is C15H22N2O2. The van der Waals surface area contributed by atoms with Crippen molar-refractivity contribution in [2.24, 2.45) is 0 Å². The number of phenols is 1. The number of likely N-dealkylation sites (N-methyl/N-ethyl adjacent to an activating group) is 1. The van der Waals surface area contributed by atoms with Crippen LogP contribution in [0.25, 0.3) is 0 Å². The molecule has 1 aliphatic rings. The van der Waals surface area contributed by atoms with E-state index in [9.17, 15) is 9.90 Å². The first-order valence-electron chi connectivity index (χ1n) is 6.91. The van der Waals surface area contributed by atoms with Gasteiger partial charge in [-0.1, -0.05) is 31.0 Å². The third kappa shape index (κ3) is 3.96. The fourth-order valence-electron chi connectivity index (χ4n) is 2.48. The van der Waals surface area contributed by atoms with Crippen molar-refractivity contribution in [2.45, 2.75) is 38.3 Å². The van der Waals surface area contributed by atoms with Crippen LogP contribution in [0.4, 0.5) is 0 Å².